The first-order valence-corrected chi connectivity index (χ1v) is 7.14. The number of piperidine rings is 1. The number of aromatic nitrogens is 3. The van der Waals surface area contributed by atoms with E-state index in [0.717, 1.165) is 44.0 Å². The Bertz CT molecular complexity index is 532. The Morgan fingerprint density at radius 1 is 1.15 bits per heavy atom. The molecule has 0 amide bonds. The fourth-order valence-corrected chi connectivity index (χ4v) is 2.60. The van der Waals surface area contributed by atoms with Crippen LogP contribution in [0.5, 0.6) is 0 Å². The first-order valence-electron chi connectivity index (χ1n) is 7.14. The van der Waals surface area contributed by atoms with Gasteiger partial charge in [0.25, 0.3) is 0 Å². The molecule has 1 fully saturated rings. The highest BCUT2D eigenvalue weighted by Gasteiger charge is 2.19. The molecule has 1 aliphatic rings. The van der Waals surface area contributed by atoms with Crippen LogP contribution in [0.25, 0.3) is 5.69 Å². The Hall–Kier alpha value is -1.72. The number of para-hydroxylation sites is 1. The lowest BCUT2D eigenvalue weighted by molar-refractivity contribution is 0.125. The summed E-state index contributed by atoms with van der Waals surface area (Å²) < 4.78 is 1.82. The molecule has 3 rings (SSSR count). The summed E-state index contributed by atoms with van der Waals surface area (Å²) in [7, 11) is 0. The average molecular weight is 272 g/mol. The van der Waals surface area contributed by atoms with Gasteiger partial charge in [0.15, 0.2) is 5.82 Å². The smallest absolute Gasteiger partial charge is 0.164 e. The van der Waals surface area contributed by atoms with Crippen molar-refractivity contribution in [2.75, 3.05) is 19.7 Å². The highest BCUT2D eigenvalue weighted by Crippen LogP contribution is 2.17. The quantitative estimate of drug-likeness (QED) is 0.916. The van der Waals surface area contributed by atoms with Crippen LogP contribution in [0.1, 0.15) is 18.7 Å². The van der Waals surface area contributed by atoms with Crippen molar-refractivity contribution in [1.82, 2.24) is 19.7 Å². The van der Waals surface area contributed by atoms with Gasteiger partial charge in [-0.05, 0) is 44.0 Å². The van der Waals surface area contributed by atoms with Crippen LogP contribution in [0.4, 0.5) is 0 Å². The molecule has 0 radical (unpaired) electrons. The maximum absolute atomic E-state index is 9.15. The number of hydrogen-bond acceptors (Lipinski definition) is 4. The van der Waals surface area contributed by atoms with E-state index in [9.17, 15) is 0 Å². The summed E-state index contributed by atoms with van der Waals surface area (Å²) in [5.74, 6) is 1.33. The van der Waals surface area contributed by atoms with Crippen LogP contribution in [0, 0.1) is 5.92 Å². The third-order valence-corrected chi connectivity index (χ3v) is 3.89. The summed E-state index contributed by atoms with van der Waals surface area (Å²) in [6.45, 7) is 3.14. The van der Waals surface area contributed by atoms with Crippen molar-refractivity contribution in [2.45, 2.75) is 19.4 Å². The molecule has 1 saturated heterocycles. The third kappa shape index (κ3) is 3.05. The van der Waals surface area contributed by atoms with Gasteiger partial charge in [0, 0.05) is 6.61 Å². The topological polar surface area (TPSA) is 54.2 Å². The number of likely N-dealkylation sites (tertiary alicyclic amines) is 1. The van der Waals surface area contributed by atoms with Crippen LogP contribution in [0.2, 0.25) is 0 Å². The Morgan fingerprint density at radius 2 is 1.90 bits per heavy atom. The van der Waals surface area contributed by atoms with E-state index in [4.69, 9.17) is 5.11 Å². The molecule has 0 aliphatic carbocycles. The lowest BCUT2D eigenvalue weighted by Crippen LogP contribution is -2.34. The Labute approximate surface area is 118 Å². The van der Waals surface area contributed by atoms with Crippen molar-refractivity contribution in [3.8, 4) is 5.69 Å². The molecule has 0 spiro atoms. The van der Waals surface area contributed by atoms with Crippen molar-refractivity contribution in [2.24, 2.45) is 5.92 Å². The molecule has 20 heavy (non-hydrogen) atoms. The van der Waals surface area contributed by atoms with Crippen LogP contribution < -0.4 is 0 Å². The van der Waals surface area contributed by atoms with Gasteiger partial charge in [0.05, 0.1) is 12.2 Å². The maximum Gasteiger partial charge on any atom is 0.164 e. The van der Waals surface area contributed by atoms with Crippen molar-refractivity contribution in [3.05, 3.63) is 42.5 Å². The van der Waals surface area contributed by atoms with E-state index in [1.807, 2.05) is 35.0 Å². The predicted octanol–water partition coefficient (Wildman–Crippen LogP) is 1.47. The van der Waals surface area contributed by atoms with E-state index >= 15 is 0 Å². The molecule has 2 heterocycles. The summed E-state index contributed by atoms with van der Waals surface area (Å²) >= 11 is 0. The van der Waals surface area contributed by atoms with Crippen molar-refractivity contribution >= 4 is 0 Å². The fraction of sp³-hybridized carbons (Fsp3) is 0.467. The maximum atomic E-state index is 9.15. The molecule has 2 aromatic rings. The van der Waals surface area contributed by atoms with Gasteiger partial charge in [-0.15, -0.1) is 5.10 Å². The summed E-state index contributed by atoms with van der Waals surface area (Å²) in [6, 6.07) is 10.0. The normalized spacial score (nSPS) is 17.4. The van der Waals surface area contributed by atoms with E-state index in [1.54, 1.807) is 6.33 Å². The zero-order valence-electron chi connectivity index (χ0n) is 11.5. The van der Waals surface area contributed by atoms with Gasteiger partial charge in [0.1, 0.15) is 6.33 Å². The molecule has 0 atom stereocenters. The molecule has 106 valence electrons. The van der Waals surface area contributed by atoms with E-state index in [1.165, 1.54) is 0 Å². The van der Waals surface area contributed by atoms with Gasteiger partial charge in [-0.2, -0.15) is 0 Å². The van der Waals surface area contributed by atoms with Crippen molar-refractivity contribution in [1.29, 1.82) is 0 Å². The summed E-state index contributed by atoms with van der Waals surface area (Å²) in [6.07, 6.45) is 3.90. The third-order valence-electron chi connectivity index (χ3n) is 3.89. The van der Waals surface area contributed by atoms with E-state index in [0.29, 0.717) is 12.5 Å². The Kier molecular flexibility index (Phi) is 4.08. The standard InChI is InChI=1S/C15H20N4O/c20-11-13-6-8-18(9-7-13)10-15-16-12-19(17-15)14-4-2-1-3-5-14/h1-5,12-13,20H,6-11H2. The predicted molar refractivity (Wildman–Crippen MR) is 76.4 cm³/mol. The molecule has 0 unspecified atom stereocenters. The Morgan fingerprint density at radius 3 is 2.60 bits per heavy atom. The van der Waals surface area contributed by atoms with Crippen LogP contribution >= 0.6 is 0 Å². The first-order chi connectivity index (χ1) is 9.85. The van der Waals surface area contributed by atoms with Gasteiger partial charge in [0.2, 0.25) is 0 Å². The molecule has 1 aromatic heterocycles. The van der Waals surface area contributed by atoms with Crippen molar-refractivity contribution < 1.29 is 5.11 Å². The van der Waals surface area contributed by atoms with Gasteiger partial charge >= 0.3 is 0 Å². The second kappa shape index (κ2) is 6.15. The highest BCUT2D eigenvalue weighted by molar-refractivity contribution is 5.29. The van der Waals surface area contributed by atoms with E-state index in [-0.39, 0.29) is 0 Å². The minimum absolute atomic E-state index is 0.314. The first kappa shape index (κ1) is 13.3. The summed E-state index contributed by atoms with van der Waals surface area (Å²) in [5, 5.41) is 13.7. The Balaban J connectivity index is 1.61. The van der Waals surface area contributed by atoms with Crippen molar-refractivity contribution in [3.63, 3.8) is 0 Å². The number of aliphatic hydroxyl groups is 1. The zero-order valence-corrected chi connectivity index (χ0v) is 11.5. The lowest BCUT2D eigenvalue weighted by atomic mass is 9.98. The zero-order chi connectivity index (χ0) is 13.8. The van der Waals surface area contributed by atoms with Crippen LogP contribution in [-0.2, 0) is 6.54 Å². The van der Waals surface area contributed by atoms with Gasteiger partial charge in [-0.1, -0.05) is 18.2 Å². The van der Waals surface area contributed by atoms with Crippen LogP contribution in [0.3, 0.4) is 0 Å². The lowest BCUT2D eigenvalue weighted by Gasteiger charge is -2.29. The van der Waals surface area contributed by atoms with Gasteiger partial charge in [-0.3, -0.25) is 4.90 Å². The molecular formula is C15H20N4O. The van der Waals surface area contributed by atoms with E-state index < -0.39 is 0 Å². The van der Waals surface area contributed by atoms with E-state index in [2.05, 4.69) is 15.0 Å². The number of aliphatic hydroxyl groups excluding tert-OH is 1. The molecule has 1 aliphatic heterocycles. The largest absolute Gasteiger partial charge is 0.396 e. The number of nitrogens with zero attached hydrogens (tertiary/aromatic N) is 4. The summed E-state index contributed by atoms with van der Waals surface area (Å²) in [4.78, 5) is 6.74. The average Bonchev–Trinajstić information content (AvgIpc) is 2.97. The minimum Gasteiger partial charge on any atom is -0.396 e. The second-order valence-corrected chi connectivity index (χ2v) is 5.34. The number of hydrogen-bond donors (Lipinski definition) is 1. The van der Waals surface area contributed by atoms with Gasteiger partial charge < -0.3 is 5.11 Å². The van der Waals surface area contributed by atoms with Crippen LogP contribution in [0.15, 0.2) is 36.7 Å². The number of rotatable bonds is 4. The molecule has 0 saturated carbocycles. The molecule has 5 nitrogen and oxygen atoms in total. The number of benzene rings is 1. The minimum atomic E-state index is 0.314. The highest BCUT2D eigenvalue weighted by atomic mass is 16.3. The SMILES string of the molecule is OCC1CCN(Cc2ncn(-c3ccccc3)n2)CC1. The van der Waals surface area contributed by atoms with Gasteiger partial charge in [-0.25, -0.2) is 9.67 Å². The molecule has 1 aromatic carbocycles. The summed E-state index contributed by atoms with van der Waals surface area (Å²) in [5.41, 5.74) is 1.03. The second-order valence-electron chi connectivity index (χ2n) is 5.34. The molecular weight excluding hydrogens is 252 g/mol. The molecule has 1 N–H and O–H groups in total. The molecule has 0 bridgehead atoms. The monoisotopic (exact) mass is 272 g/mol. The fourth-order valence-electron chi connectivity index (χ4n) is 2.60. The molecule has 5 heteroatoms. The van der Waals surface area contributed by atoms with Crippen LogP contribution in [-0.4, -0.2) is 44.5 Å².